The molecule has 0 aliphatic rings. The van der Waals surface area contributed by atoms with Crippen LogP contribution in [0, 0.1) is 46.8 Å². The van der Waals surface area contributed by atoms with E-state index in [0.717, 1.165) is 38.0 Å². The topological polar surface area (TPSA) is 48.5 Å². The van der Waals surface area contributed by atoms with E-state index < -0.39 is 0 Å². The van der Waals surface area contributed by atoms with Gasteiger partial charge < -0.3 is 9.13 Å². The molecule has 0 aliphatic heterocycles. The third kappa shape index (κ3) is 6.16. The molecule has 0 N–H and O–H groups in total. The Hall–Kier alpha value is -4.16. The summed E-state index contributed by atoms with van der Waals surface area (Å²) in [4.78, 5) is 13.6. The Morgan fingerprint density at radius 3 is 1.74 bits per heavy atom. The molecular formula is C36H31IrN5S-2. The van der Waals surface area contributed by atoms with Crippen molar-refractivity contribution >= 4 is 21.6 Å². The summed E-state index contributed by atoms with van der Waals surface area (Å²) in [5.74, 6) is 1.83. The monoisotopic (exact) mass is 758 g/mol. The fourth-order valence-corrected chi connectivity index (χ4v) is 6.18. The third-order valence-corrected chi connectivity index (χ3v) is 8.19. The van der Waals surface area contributed by atoms with Crippen LogP contribution in [0.15, 0.2) is 97.6 Å². The number of rotatable bonds is 4. The smallest absolute Gasteiger partial charge is 0.0796 e. The Morgan fingerprint density at radius 2 is 1.21 bits per heavy atom. The second kappa shape index (κ2) is 13.0. The van der Waals surface area contributed by atoms with Crippen molar-refractivity contribution in [1.82, 2.24) is 24.1 Å². The average Bonchev–Trinajstić information content (AvgIpc) is 3.73. The summed E-state index contributed by atoms with van der Waals surface area (Å²) >= 11 is 1.69. The number of imidazole rings is 2. The molecule has 0 bridgehead atoms. The fraction of sp³-hybridized carbons (Fsp3) is 0.139. The standard InChI is InChI=1S/C19H16N3S.C17H15N2.Ir/c1-12-5-4-6-13(2)18(12)22-10-9-20-19(22)15-7-8-17-16(11-15)21-14(3)23-17;1-13-7-6-8-14(2)16(13)19-12-11-18-17(19)15-9-4-3-5-10-15;/h4-6,8-11H,1-3H3;3-9,11-12H,1-2H3;/q2*-1;. The van der Waals surface area contributed by atoms with Crippen molar-refractivity contribution in [3.8, 4) is 34.2 Å². The molecule has 0 atom stereocenters. The van der Waals surface area contributed by atoms with E-state index in [0.29, 0.717) is 0 Å². The van der Waals surface area contributed by atoms with Gasteiger partial charge in [-0.15, -0.1) is 59.7 Å². The maximum Gasteiger partial charge on any atom is 0.0796 e. The van der Waals surface area contributed by atoms with Crippen molar-refractivity contribution in [2.75, 3.05) is 0 Å². The molecule has 217 valence electrons. The molecule has 43 heavy (non-hydrogen) atoms. The molecule has 4 aromatic carbocycles. The summed E-state index contributed by atoms with van der Waals surface area (Å²) in [6.45, 7) is 10.5. The molecule has 1 radical (unpaired) electrons. The Balaban J connectivity index is 0.000000170. The molecule has 3 heterocycles. The van der Waals surface area contributed by atoms with Crippen LogP contribution < -0.4 is 0 Å². The summed E-state index contributed by atoms with van der Waals surface area (Å²) in [6, 6.07) is 31.3. The zero-order valence-corrected chi connectivity index (χ0v) is 27.9. The van der Waals surface area contributed by atoms with E-state index in [2.05, 4.69) is 106 Å². The molecule has 0 unspecified atom stereocenters. The van der Waals surface area contributed by atoms with Crippen LogP contribution in [-0.2, 0) is 20.1 Å². The molecule has 7 heteroatoms. The summed E-state index contributed by atoms with van der Waals surface area (Å²) in [7, 11) is 0. The van der Waals surface area contributed by atoms with Crippen LogP contribution in [-0.4, -0.2) is 24.1 Å². The van der Waals surface area contributed by atoms with E-state index in [9.17, 15) is 0 Å². The van der Waals surface area contributed by atoms with E-state index in [1.807, 2.05) is 62.0 Å². The first-order chi connectivity index (χ1) is 20.4. The van der Waals surface area contributed by atoms with Gasteiger partial charge in [0.25, 0.3) is 0 Å². The Kier molecular flexibility index (Phi) is 9.16. The van der Waals surface area contributed by atoms with E-state index in [1.54, 1.807) is 11.3 Å². The third-order valence-electron chi connectivity index (χ3n) is 7.26. The zero-order valence-electron chi connectivity index (χ0n) is 24.7. The predicted octanol–water partition coefficient (Wildman–Crippen LogP) is 8.83. The van der Waals surface area contributed by atoms with E-state index in [1.165, 1.54) is 33.6 Å². The molecule has 7 rings (SSSR count). The van der Waals surface area contributed by atoms with Crippen LogP contribution in [0.3, 0.4) is 0 Å². The summed E-state index contributed by atoms with van der Waals surface area (Å²) in [5.41, 5.74) is 10.3. The van der Waals surface area contributed by atoms with E-state index in [-0.39, 0.29) is 20.1 Å². The normalized spacial score (nSPS) is 10.7. The molecule has 5 nitrogen and oxygen atoms in total. The molecule has 0 aliphatic carbocycles. The molecular weight excluding hydrogens is 727 g/mol. The van der Waals surface area contributed by atoms with Crippen molar-refractivity contribution in [2.24, 2.45) is 0 Å². The van der Waals surface area contributed by atoms with Gasteiger partial charge in [0.15, 0.2) is 0 Å². The van der Waals surface area contributed by atoms with Crippen molar-refractivity contribution in [2.45, 2.75) is 34.6 Å². The largest absolute Gasteiger partial charge is 0.340 e. The van der Waals surface area contributed by atoms with Crippen LogP contribution in [0.1, 0.15) is 27.3 Å². The molecule has 0 fully saturated rings. The van der Waals surface area contributed by atoms with Gasteiger partial charge in [0.2, 0.25) is 0 Å². The molecule has 0 amide bonds. The molecule has 7 aromatic rings. The minimum Gasteiger partial charge on any atom is -0.340 e. The van der Waals surface area contributed by atoms with Crippen molar-refractivity contribution in [3.63, 3.8) is 0 Å². The second-order valence-corrected chi connectivity index (χ2v) is 11.6. The Bertz CT molecular complexity index is 1960. The van der Waals surface area contributed by atoms with Gasteiger partial charge in [0.1, 0.15) is 0 Å². The second-order valence-electron chi connectivity index (χ2n) is 10.3. The van der Waals surface area contributed by atoms with Gasteiger partial charge in [-0.25, -0.2) is 0 Å². The minimum atomic E-state index is 0. The van der Waals surface area contributed by atoms with Crippen LogP contribution in [0.4, 0.5) is 0 Å². The number of nitrogens with zero attached hydrogens (tertiary/aromatic N) is 5. The first kappa shape index (κ1) is 30.3. The SMILES string of the molecule is Cc1cccc(C)c1-n1ccnc1-c1[c-]cccc1.Cc1nc2cc(-c3nccn3-c3c(C)cccc3C)[c-]cc2s1.[Ir]. The molecule has 3 aromatic heterocycles. The van der Waals surface area contributed by atoms with Gasteiger partial charge in [0, 0.05) is 56.3 Å². The van der Waals surface area contributed by atoms with Crippen molar-refractivity contribution in [1.29, 1.82) is 0 Å². The van der Waals surface area contributed by atoms with Gasteiger partial charge in [-0.2, -0.15) is 11.3 Å². The number of benzene rings is 4. The van der Waals surface area contributed by atoms with Crippen LogP contribution in [0.2, 0.25) is 0 Å². The number of hydrogen-bond donors (Lipinski definition) is 0. The van der Waals surface area contributed by atoms with Crippen molar-refractivity contribution in [3.05, 3.63) is 137 Å². The average molecular weight is 758 g/mol. The zero-order chi connectivity index (χ0) is 29.2. The molecule has 0 saturated carbocycles. The fourth-order valence-electron chi connectivity index (χ4n) is 5.39. The Labute approximate surface area is 270 Å². The number of aromatic nitrogens is 5. The summed E-state index contributed by atoms with van der Waals surface area (Å²) in [5, 5.41) is 1.07. The number of thiazole rings is 1. The number of para-hydroxylation sites is 2. The van der Waals surface area contributed by atoms with Crippen LogP contribution in [0.25, 0.3) is 44.4 Å². The Morgan fingerprint density at radius 1 is 0.651 bits per heavy atom. The maximum atomic E-state index is 4.58. The van der Waals surface area contributed by atoms with Gasteiger partial charge >= 0.3 is 0 Å². The summed E-state index contributed by atoms with van der Waals surface area (Å²) in [6.07, 6.45) is 7.69. The van der Waals surface area contributed by atoms with Gasteiger partial charge in [0.05, 0.1) is 16.7 Å². The maximum absolute atomic E-state index is 4.58. The number of aryl methyl sites for hydroxylation is 5. The van der Waals surface area contributed by atoms with E-state index in [4.69, 9.17) is 0 Å². The van der Waals surface area contributed by atoms with Crippen LogP contribution >= 0.6 is 11.3 Å². The predicted molar refractivity (Wildman–Crippen MR) is 173 cm³/mol. The summed E-state index contributed by atoms with van der Waals surface area (Å²) < 4.78 is 5.44. The number of fused-ring (bicyclic) bond motifs is 1. The van der Waals surface area contributed by atoms with Gasteiger partial charge in [-0.05, 0) is 67.1 Å². The quantitative estimate of drug-likeness (QED) is 0.169. The number of hydrogen-bond acceptors (Lipinski definition) is 4. The molecule has 0 spiro atoms. The van der Waals surface area contributed by atoms with Gasteiger partial charge in [-0.3, -0.25) is 15.0 Å². The van der Waals surface area contributed by atoms with Gasteiger partial charge in [-0.1, -0.05) is 36.4 Å². The van der Waals surface area contributed by atoms with Crippen LogP contribution in [0.5, 0.6) is 0 Å². The first-order valence-corrected chi connectivity index (χ1v) is 14.7. The minimum absolute atomic E-state index is 0. The molecule has 0 saturated heterocycles. The van der Waals surface area contributed by atoms with Crippen molar-refractivity contribution < 1.29 is 20.1 Å². The van der Waals surface area contributed by atoms with E-state index >= 15 is 0 Å². The first-order valence-electron chi connectivity index (χ1n) is 13.9.